The number of hydrogen-bond donors (Lipinski definition) is 1. The van der Waals surface area contributed by atoms with Gasteiger partial charge in [0.25, 0.3) is 0 Å². The van der Waals surface area contributed by atoms with Gasteiger partial charge in [-0.05, 0) is 49.1 Å². The zero-order chi connectivity index (χ0) is 22.7. The van der Waals surface area contributed by atoms with Crippen molar-refractivity contribution in [1.29, 1.82) is 0 Å². The summed E-state index contributed by atoms with van der Waals surface area (Å²) < 4.78 is 48.9. The van der Waals surface area contributed by atoms with Gasteiger partial charge in [-0.2, -0.15) is 4.31 Å². The first-order chi connectivity index (χ1) is 15.4. The first kappa shape index (κ1) is 22.9. The van der Waals surface area contributed by atoms with Crippen LogP contribution in [0.1, 0.15) is 31.2 Å². The molecule has 9 heteroatoms. The van der Waals surface area contributed by atoms with Crippen molar-refractivity contribution < 1.29 is 22.3 Å². The number of hydrogen-bond acceptors (Lipinski definition) is 5. The second-order valence-electron chi connectivity index (χ2n) is 7.95. The van der Waals surface area contributed by atoms with E-state index in [1.165, 1.54) is 35.0 Å². The Bertz CT molecular complexity index is 1170. The molecule has 0 spiro atoms. The van der Waals surface area contributed by atoms with E-state index in [-0.39, 0.29) is 35.4 Å². The molecule has 6 nitrogen and oxygen atoms in total. The molecule has 32 heavy (non-hydrogen) atoms. The Hall–Kier alpha value is -2.26. The van der Waals surface area contributed by atoms with Crippen molar-refractivity contribution in [2.75, 3.05) is 6.61 Å². The Balaban J connectivity index is 1.73. The predicted octanol–water partition coefficient (Wildman–Crippen LogP) is 4.88. The van der Waals surface area contributed by atoms with Gasteiger partial charge in [-0.1, -0.05) is 36.6 Å². The van der Waals surface area contributed by atoms with Crippen molar-refractivity contribution in [1.82, 2.24) is 9.29 Å². The summed E-state index contributed by atoms with van der Waals surface area (Å²) in [5.41, 5.74) is 0.694. The summed E-state index contributed by atoms with van der Waals surface area (Å²) in [7, 11) is -3.99. The van der Waals surface area contributed by atoms with E-state index in [1.807, 2.05) is 0 Å². The number of nitrogens with zero attached hydrogens (tertiary/aromatic N) is 2. The molecule has 0 radical (unpaired) electrons. The summed E-state index contributed by atoms with van der Waals surface area (Å²) in [5, 5.41) is 10.2. The van der Waals surface area contributed by atoms with Crippen LogP contribution < -0.4 is 0 Å². The van der Waals surface area contributed by atoms with E-state index in [2.05, 4.69) is 4.98 Å². The highest BCUT2D eigenvalue weighted by molar-refractivity contribution is 7.89. The van der Waals surface area contributed by atoms with Crippen LogP contribution in [0.5, 0.6) is 0 Å². The Labute approximate surface area is 191 Å². The predicted molar refractivity (Wildman–Crippen MR) is 119 cm³/mol. The third-order valence-electron chi connectivity index (χ3n) is 5.93. The van der Waals surface area contributed by atoms with E-state index in [9.17, 15) is 13.5 Å². The molecule has 2 aromatic carbocycles. The number of benzene rings is 2. The zero-order valence-corrected chi connectivity index (χ0v) is 18.9. The Morgan fingerprint density at radius 2 is 2.00 bits per heavy atom. The number of halogens is 2. The molecule has 0 unspecified atom stereocenters. The minimum Gasteiger partial charge on any atom is -0.445 e. The fourth-order valence-corrected chi connectivity index (χ4v) is 6.26. The van der Waals surface area contributed by atoms with Gasteiger partial charge >= 0.3 is 0 Å². The molecule has 1 N–H and O–H groups in total. The summed E-state index contributed by atoms with van der Waals surface area (Å²) in [6.07, 6.45) is 5.95. The molecular weight excluding hydrogens is 455 g/mol. The maximum absolute atomic E-state index is 15.0. The molecule has 1 fully saturated rings. The molecule has 1 aliphatic carbocycles. The fourth-order valence-electron chi connectivity index (χ4n) is 4.27. The van der Waals surface area contributed by atoms with E-state index < -0.39 is 21.9 Å². The number of aliphatic hydroxyl groups excluding tert-OH is 1. The van der Waals surface area contributed by atoms with Gasteiger partial charge in [-0.25, -0.2) is 17.8 Å². The standard InChI is InChI=1S/C23H24ClFN2O4S/c24-19-5-3-6-20(13-19)32(29,30)27(22-7-2-1-4-18(22)15-28)14-17-9-8-16(12-21(17)25)23-26-10-11-31-23/h3,5-6,8-13,18,22,28H,1-2,4,7,14-15H2/t18-,22+/m0/s1. The maximum Gasteiger partial charge on any atom is 0.243 e. The van der Waals surface area contributed by atoms with Crippen LogP contribution in [-0.2, 0) is 16.6 Å². The summed E-state index contributed by atoms with van der Waals surface area (Å²) >= 11 is 6.05. The number of aromatic nitrogens is 1. The van der Waals surface area contributed by atoms with Crippen molar-refractivity contribution in [3.63, 3.8) is 0 Å². The number of aliphatic hydroxyl groups is 1. The highest BCUT2D eigenvalue weighted by Crippen LogP contribution is 2.34. The van der Waals surface area contributed by atoms with Gasteiger partial charge in [-0.15, -0.1) is 0 Å². The molecule has 1 aliphatic rings. The molecule has 0 bridgehead atoms. The van der Waals surface area contributed by atoms with Crippen molar-refractivity contribution in [3.8, 4) is 11.5 Å². The van der Waals surface area contributed by atoms with Gasteiger partial charge in [0.05, 0.1) is 11.1 Å². The first-order valence-corrected chi connectivity index (χ1v) is 12.3. The third kappa shape index (κ3) is 4.73. The lowest BCUT2D eigenvalue weighted by atomic mass is 9.85. The van der Waals surface area contributed by atoms with Gasteiger partial charge in [0, 0.05) is 35.3 Å². The van der Waals surface area contributed by atoms with Crippen LogP contribution in [0.15, 0.2) is 64.2 Å². The van der Waals surface area contributed by atoms with Gasteiger partial charge in [-0.3, -0.25) is 0 Å². The van der Waals surface area contributed by atoms with Crippen molar-refractivity contribution in [2.24, 2.45) is 5.92 Å². The number of rotatable bonds is 7. The molecular formula is C23H24ClFN2O4S. The summed E-state index contributed by atoms with van der Waals surface area (Å²) in [5.74, 6) is -0.484. The van der Waals surface area contributed by atoms with Gasteiger partial charge in [0.15, 0.2) is 0 Å². The lowest BCUT2D eigenvalue weighted by Gasteiger charge is -2.38. The van der Waals surface area contributed by atoms with Crippen molar-refractivity contribution >= 4 is 21.6 Å². The van der Waals surface area contributed by atoms with Crippen LogP contribution in [0.4, 0.5) is 4.39 Å². The molecule has 0 aliphatic heterocycles. The van der Waals surface area contributed by atoms with Crippen LogP contribution in [0.2, 0.25) is 5.02 Å². The van der Waals surface area contributed by atoms with Crippen LogP contribution >= 0.6 is 11.6 Å². The second-order valence-corrected chi connectivity index (χ2v) is 10.3. The van der Waals surface area contributed by atoms with E-state index in [1.54, 1.807) is 24.3 Å². The van der Waals surface area contributed by atoms with Gasteiger partial charge < -0.3 is 9.52 Å². The maximum atomic E-state index is 15.0. The molecule has 4 rings (SSSR count). The normalized spacial score (nSPS) is 19.4. The smallest absolute Gasteiger partial charge is 0.243 e. The van der Waals surface area contributed by atoms with Gasteiger partial charge in [0.2, 0.25) is 15.9 Å². The average Bonchev–Trinajstić information content (AvgIpc) is 3.33. The first-order valence-electron chi connectivity index (χ1n) is 10.5. The minimum atomic E-state index is -3.99. The van der Waals surface area contributed by atoms with E-state index >= 15 is 4.39 Å². The SMILES string of the molecule is O=S(=O)(c1cccc(Cl)c1)N(Cc1ccc(-c2ncco2)cc1F)[C@@H]1CCCC[C@H]1CO. The number of sulfonamides is 1. The number of oxazole rings is 1. The highest BCUT2D eigenvalue weighted by atomic mass is 35.5. The Morgan fingerprint density at radius 3 is 2.69 bits per heavy atom. The lowest BCUT2D eigenvalue weighted by Crippen LogP contribution is -2.46. The molecule has 0 saturated heterocycles. The molecule has 170 valence electrons. The monoisotopic (exact) mass is 478 g/mol. The highest BCUT2D eigenvalue weighted by Gasteiger charge is 2.38. The molecule has 1 saturated carbocycles. The lowest BCUT2D eigenvalue weighted by molar-refractivity contribution is 0.109. The Kier molecular flexibility index (Phi) is 6.95. The summed E-state index contributed by atoms with van der Waals surface area (Å²) in [4.78, 5) is 4.07. The molecule has 1 heterocycles. The van der Waals surface area contributed by atoms with Crippen molar-refractivity contribution in [3.05, 3.63) is 71.3 Å². The minimum absolute atomic E-state index is 0.0454. The second kappa shape index (κ2) is 9.70. The molecule has 2 atom stereocenters. The quantitative estimate of drug-likeness (QED) is 0.523. The van der Waals surface area contributed by atoms with E-state index in [0.717, 1.165) is 12.8 Å². The summed E-state index contributed by atoms with van der Waals surface area (Å²) in [6.45, 7) is -0.286. The average molecular weight is 479 g/mol. The van der Waals surface area contributed by atoms with Crippen LogP contribution in [-0.4, -0.2) is 35.5 Å². The fraction of sp³-hybridized carbons (Fsp3) is 0.348. The van der Waals surface area contributed by atoms with Crippen molar-refractivity contribution in [2.45, 2.75) is 43.2 Å². The van der Waals surface area contributed by atoms with Crippen LogP contribution in [0.25, 0.3) is 11.5 Å². The zero-order valence-electron chi connectivity index (χ0n) is 17.3. The molecule has 1 aromatic heterocycles. The largest absolute Gasteiger partial charge is 0.445 e. The molecule has 0 amide bonds. The Morgan fingerprint density at radius 1 is 1.19 bits per heavy atom. The van der Waals surface area contributed by atoms with E-state index in [0.29, 0.717) is 23.4 Å². The van der Waals surface area contributed by atoms with Crippen LogP contribution in [0, 0.1) is 11.7 Å². The van der Waals surface area contributed by atoms with Crippen LogP contribution in [0.3, 0.4) is 0 Å². The topological polar surface area (TPSA) is 83.6 Å². The van der Waals surface area contributed by atoms with Gasteiger partial charge in [0.1, 0.15) is 12.1 Å². The van der Waals surface area contributed by atoms with E-state index in [4.69, 9.17) is 16.0 Å². The summed E-state index contributed by atoms with van der Waals surface area (Å²) in [6, 6.07) is 10.1. The molecule has 3 aromatic rings. The third-order valence-corrected chi connectivity index (χ3v) is 8.04.